The third-order valence-corrected chi connectivity index (χ3v) is 4.91. The maximum atomic E-state index is 12.5. The van der Waals surface area contributed by atoms with Crippen molar-refractivity contribution in [3.63, 3.8) is 0 Å². The predicted octanol–water partition coefficient (Wildman–Crippen LogP) is 3.37. The van der Waals surface area contributed by atoms with E-state index in [1.165, 1.54) is 0 Å². The van der Waals surface area contributed by atoms with Gasteiger partial charge in [-0.1, -0.05) is 29.3 Å². The Balaban J connectivity index is 1.99. The molecule has 8 heteroatoms. The second-order valence-corrected chi connectivity index (χ2v) is 6.70. The van der Waals surface area contributed by atoms with Gasteiger partial charge in [0.1, 0.15) is 11.3 Å². The molecule has 0 spiro atoms. The van der Waals surface area contributed by atoms with Gasteiger partial charge in [0, 0.05) is 33.5 Å². The average Bonchev–Trinajstić information content (AvgIpc) is 2.64. The Bertz CT molecular complexity index is 1060. The molecule has 1 aromatic heterocycles. The summed E-state index contributed by atoms with van der Waals surface area (Å²) in [5.41, 5.74) is 3.77. The third-order valence-electron chi connectivity index (χ3n) is 4.20. The van der Waals surface area contributed by atoms with E-state index in [2.05, 4.69) is 0 Å². The minimum Gasteiger partial charge on any atom is -0.484 e. The molecule has 3 N–H and O–H groups in total. The molecule has 0 aliphatic carbocycles. The first-order valence-corrected chi connectivity index (χ1v) is 8.77. The standard InChI is InChI=1S/C19H16Cl2N2O4/c1-10-12-6-5-11(26-9-18(24)23-22)7-17(12)27-19(25)13(10)8-14-15(20)3-2-4-16(14)21/h2-7H,8-9,22H2,1H3,(H,23,24). The van der Waals surface area contributed by atoms with Crippen molar-refractivity contribution in [2.75, 3.05) is 6.61 Å². The van der Waals surface area contributed by atoms with Gasteiger partial charge in [0.25, 0.3) is 5.91 Å². The van der Waals surface area contributed by atoms with E-state index in [1.54, 1.807) is 36.4 Å². The Labute approximate surface area is 164 Å². The number of rotatable bonds is 5. The fraction of sp³-hybridized carbons (Fsp3) is 0.158. The second kappa shape index (κ2) is 8.00. The number of carbonyl (C=O) groups excluding carboxylic acids is 1. The van der Waals surface area contributed by atoms with Gasteiger partial charge in [0.2, 0.25) is 0 Å². The van der Waals surface area contributed by atoms with E-state index in [4.69, 9.17) is 38.2 Å². The van der Waals surface area contributed by atoms with Crippen LogP contribution in [-0.2, 0) is 11.2 Å². The number of fused-ring (bicyclic) bond motifs is 1. The quantitative estimate of drug-likeness (QED) is 0.293. The molecule has 0 radical (unpaired) electrons. The van der Waals surface area contributed by atoms with Crippen molar-refractivity contribution in [1.82, 2.24) is 5.43 Å². The lowest BCUT2D eigenvalue weighted by Gasteiger charge is -2.11. The van der Waals surface area contributed by atoms with Crippen LogP contribution in [0, 0.1) is 6.92 Å². The van der Waals surface area contributed by atoms with Gasteiger partial charge in [0.15, 0.2) is 6.61 Å². The number of aryl methyl sites for hydroxylation is 1. The molecule has 2 aromatic carbocycles. The zero-order valence-corrected chi connectivity index (χ0v) is 15.9. The Hall–Kier alpha value is -2.54. The molecule has 0 fully saturated rings. The highest BCUT2D eigenvalue weighted by Gasteiger charge is 2.16. The van der Waals surface area contributed by atoms with Crippen molar-refractivity contribution in [3.8, 4) is 5.75 Å². The lowest BCUT2D eigenvalue weighted by Crippen LogP contribution is -2.34. The van der Waals surface area contributed by atoms with E-state index >= 15 is 0 Å². The first-order valence-electron chi connectivity index (χ1n) is 8.02. The van der Waals surface area contributed by atoms with Crippen molar-refractivity contribution >= 4 is 40.1 Å². The fourth-order valence-electron chi connectivity index (χ4n) is 2.74. The number of hydrogen-bond donors (Lipinski definition) is 2. The normalized spacial score (nSPS) is 10.8. The highest BCUT2D eigenvalue weighted by molar-refractivity contribution is 6.36. The predicted molar refractivity (Wildman–Crippen MR) is 104 cm³/mol. The van der Waals surface area contributed by atoms with E-state index in [0.29, 0.717) is 32.5 Å². The number of hydrazine groups is 1. The van der Waals surface area contributed by atoms with Crippen molar-refractivity contribution in [2.45, 2.75) is 13.3 Å². The first kappa shape index (κ1) is 19.2. The molecule has 3 aromatic rings. The Morgan fingerprint density at radius 1 is 1.19 bits per heavy atom. The molecule has 0 saturated heterocycles. The number of benzene rings is 2. The fourth-order valence-corrected chi connectivity index (χ4v) is 3.27. The molecule has 27 heavy (non-hydrogen) atoms. The maximum Gasteiger partial charge on any atom is 0.340 e. The average molecular weight is 407 g/mol. The van der Waals surface area contributed by atoms with Gasteiger partial charge in [-0.05, 0) is 42.3 Å². The smallest absolute Gasteiger partial charge is 0.340 e. The van der Waals surface area contributed by atoms with Crippen LogP contribution in [0.1, 0.15) is 16.7 Å². The molecule has 6 nitrogen and oxygen atoms in total. The molecule has 1 amide bonds. The number of halogens is 2. The lowest BCUT2D eigenvalue weighted by atomic mass is 9.99. The van der Waals surface area contributed by atoms with Gasteiger partial charge in [-0.3, -0.25) is 10.2 Å². The molecule has 0 bridgehead atoms. The monoisotopic (exact) mass is 406 g/mol. The summed E-state index contributed by atoms with van der Waals surface area (Å²) in [5, 5.41) is 1.73. The number of hydrogen-bond acceptors (Lipinski definition) is 5. The van der Waals surface area contributed by atoms with Crippen LogP contribution < -0.4 is 21.6 Å². The van der Waals surface area contributed by atoms with Crippen molar-refractivity contribution < 1.29 is 13.9 Å². The van der Waals surface area contributed by atoms with E-state index in [-0.39, 0.29) is 13.0 Å². The van der Waals surface area contributed by atoms with Crippen LogP contribution in [0.3, 0.4) is 0 Å². The summed E-state index contributed by atoms with van der Waals surface area (Å²) < 4.78 is 10.8. The summed E-state index contributed by atoms with van der Waals surface area (Å²) in [6.45, 7) is 1.59. The van der Waals surface area contributed by atoms with Gasteiger partial charge >= 0.3 is 5.63 Å². The van der Waals surface area contributed by atoms with E-state index in [9.17, 15) is 9.59 Å². The summed E-state index contributed by atoms with van der Waals surface area (Å²) in [6, 6.07) is 10.2. The maximum absolute atomic E-state index is 12.5. The zero-order chi connectivity index (χ0) is 19.6. The molecular weight excluding hydrogens is 391 g/mol. The topological polar surface area (TPSA) is 94.6 Å². The zero-order valence-electron chi connectivity index (χ0n) is 14.3. The van der Waals surface area contributed by atoms with E-state index in [1.807, 2.05) is 12.3 Å². The number of carbonyl (C=O) groups is 1. The van der Waals surface area contributed by atoms with Crippen LogP contribution in [-0.4, -0.2) is 12.5 Å². The molecule has 0 atom stereocenters. The third kappa shape index (κ3) is 4.08. The summed E-state index contributed by atoms with van der Waals surface area (Å²) in [6.07, 6.45) is 0.261. The van der Waals surface area contributed by atoms with Crippen LogP contribution in [0.4, 0.5) is 0 Å². The summed E-state index contributed by atoms with van der Waals surface area (Å²) in [5.74, 6) is 4.92. The van der Waals surface area contributed by atoms with Crippen LogP contribution in [0.25, 0.3) is 11.0 Å². The summed E-state index contributed by atoms with van der Waals surface area (Å²) >= 11 is 12.4. The van der Waals surface area contributed by atoms with Gasteiger partial charge in [-0.25, -0.2) is 10.6 Å². The van der Waals surface area contributed by atoms with Gasteiger partial charge in [-0.2, -0.15) is 0 Å². The second-order valence-electron chi connectivity index (χ2n) is 5.88. The number of nitrogens with two attached hydrogens (primary N) is 1. The molecule has 1 heterocycles. The minimum atomic E-state index is -0.479. The van der Waals surface area contributed by atoms with Crippen LogP contribution in [0.2, 0.25) is 10.0 Å². The molecular formula is C19H16Cl2N2O4. The van der Waals surface area contributed by atoms with E-state index in [0.717, 1.165) is 10.9 Å². The molecule has 0 aliphatic heterocycles. The molecule has 3 rings (SSSR count). The lowest BCUT2D eigenvalue weighted by molar-refractivity contribution is -0.123. The first-order chi connectivity index (χ1) is 12.9. The van der Waals surface area contributed by atoms with Crippen LogP contribution in [0.15, 0.2) is 45.6 Å². The van der Waals surface area contributed by atoms with Gasteiger partial charge in [0.05, 0.1) is 0 Å². The Morgan fingerprint density at radius 2 is 1.89 bits per heavy atom. The van der Waals surface area contributed by atoms with Gasteiger partial charge < -0.3 is 9.15 Å². The highest BCUT2D eigenvalue weighted by atomic mass is 35.5. The largest absolute Gasteiger partial charge is 0.484 e. The van der Waals surface area contributed by atoms with Crippen molar-refractivity contribution in [3.05, 3.63) is 73.6 Å². The van der Waals surface area contributed by atoms with Crippen molar-refractivity contribution in [2.24, 2.45) is 5.84 Å². The van der Waals surface area contributed by atoms with Gasteiger partial charge in [-0.15, -0.1) is 0 Å². The highest BCUT2D eigenvalue weighted by Crippen LogP contribution is 2.29. The minimum absolute atomic E-state index is 0.242. The Kier molecular flexibility index (Phi) is 5.70. The van der Waals surface area contributed by atoms with Crippen LogP contribution >= 0.6 is 23.2 Å². The number of ether oxygens (including phenoxy) is 1. The van der Waals surface area contributed by atoms with Crippen molar-refractivity contribution in [1.29, 1.82) is 0 Å². The SMILES string of the molecule is Cc1c(Cc2c(Cl)cccc2Cl)c(=O)oc2cc(OCC(=O)NN)ccc12. The number of amides is 1. The van der Waals surface area contributed by atoms with Crippen LogP contribution in [0.5, 0.6) is 5.75 Å². The Morgan fingerprint density at radius 3 is 2.56 bits per heavy atom. The molecule has 0 aliphatic rings. The van der Waals surface area contributed by atoms with E-state index < -0.39 is 11.5 Å². The molecule has 140 valence electrons. The molecule has 0 saturated carbocycles. The number of nitrogens with one attached hydrogen (secondary N) is 1. The molecule has 0 unspecified atom stereocenters. The summed E-state index contributed by atoms with van der Waals surface area (Å²) in [4.78, 5) is 23.7. The summed E-state index contributed by atoms with van der Waals surface area (Å²) in [7, 11) is 0.